The van der Waals surface area contributed by atoms with Crippen LogP contribution in [0.2, 0.25) is 0 Å². The molecule has 0 aromatic heterocycles. The molecule has 1 aliphatic heterocycles. The van der Waals surface area contributed by atoms with Gasteiger partial charge in [-0.15, -0.1) is 0 Å². The monoisotopic (exact) mass is 369 g/mol. The van der Waals surface area contributed by atoms with Gasteiger partial charge in [0.25, 0.3) is 11.6 Å². The van der Waals surface area contributed by atoms with Crippen molar-refractivity contribution < 1.29 is 14.5 Å². The van der Waals surface area contributed by atoms with Crippen LogP contribution < -0.4 is 15.0 Å². The van der Waals surface area contributed by atoms with Gasteiger partial charge in [-0.2, -0.15) is 0 Å². The number of rotatable bonds is 5. The summed E-state index contributed by atoms with van der Waals surface area (Å²) in [5.41, 5.74) is 1.35. The average molecular weight is 369 g/mol. The van der Waals surface area contributed by atoms with Gasteiger partial charge in [-0.05, 0) is 43.0 Å². The molecular formula is C20H23N3O4. The molecule has 3 rings (SSSR count). The molecule has 1 amide bonds. The van der Waals surface area contributed by atoms with E-state index >= 15 is 0 Å². The predicted molar refractivity (Wildman–Crippen MR) is 105 cm³/mol. The number of nitrogens with zero attached hydrogens (tertiary/aromatic N) is 2. The van der Waals surface area contributed by atoms with E-state index in [2.05, 4.69) is 12.2 Å². The number of piperidine rings is 1. The Hall–Kier alpha value is -3.09. The first kappa shape index (κ1) is 18.7. The number of ether oxygens (including phenoxy) is 1. The Morgan fingerprint density at radius 1 is 1.30 bits per heavy atom. The van der Waals surface area contributed by atoms with Crippen LogP contribution in [0.5, 0.6) is 5.75 Å². The second kappa shape index (κ2) is 8.07. The number of methoxy groups -OCH3 is 1. The minimum Gasteiger partial charge on any atom is -0.497 e. The molecule has 27 heavy (non-hydrogen) atoms. The fourth-order valence-corrected chi connectivity index (χ4v) is 3.39. The molecular weight excluding hydrogens is 346 g/mol. The number of nitrogens with one attached hydrogen (secondary N) is 1. The third-order valence-electron chi connectivity index (χ3n) is 4.76. The molecule has 2 aromatic rings. The van der Waals surface area contributed by atoms with Gasteiger partial charge in [-0.1, -0.05) is 13.0 Å². The van der Waals surface area contributed by atoms with Gasteiger partial charge in [0.1, 0.15) is 11.4 Å². The highest BCUT2D eigenvalue weighted by atomic mass is 16.6. The summed E-state index contributed by atoms with van der Waals surface area (Å²) in [4.78, 5) is 25.8. The number of carbonyl (C=O) groups excluding carboxylic acids is 1. The van der Waals surface area contributed by atoms with Gasteiger partial charge in [-0.3, -0.25) is 14.9 Å². The van der Waals surface area contributed by atoms with E-state index in [1.165, 1.54) is 6.07 Å². The Bertz CT molecular complexity index is 853. The highest BCUT2D eigenvalue weighted by molar-refractivity contribution is 6.05. The van der Waals surface area contributed by atoms with Gasteiger partial charge < -0.3 is 15.0 Å². The molecule has 0 unspecified atom stereocenters. The van der Waals surface area contributed by atoms with Crippen molar-refractivity contribution in [3.05, 3.63) is 58.1 Å². The fraction of sp³-hybridized carbons (Fsp3) is 0.350. The highest BCUT2D eigenvalue weighted by Crippen LogP contribution is 2.32. The van der Waals surface area contributed by atoms with Crippen molar-refractivity contribution >= 4 is 23.0 Å². The normalized spacial score (nSPS) is 16.7. The number of hydrogen-bond acceptors (Lipinski definition) is 5. The number of amides is 1. The quantitative estimate of drug-likeness (QED) is 0.634. The van der Waals surface area contributed by atoms with Crippen LogP contribution in [-0.2, 0) is 0 Å². The molecule has 1 fully saturated rings. The van der Waals surface area contributed by atoms with Crippen LogP contribution in [0.4, 0.5) is 17.1 Å². The highest BCUT2D eigenvalue weighted by Gasteiger charge is 2.25. The molecule has 2 aromatic carbocycles. The van der Waals surface area contributed by atoms with E-state index in [9.17, 15) is 14.9 Å². The van der Waals surface area contributed by atoms with Crippen molar-refractivity contribution in [3.63, 3.8) is 0 Å². The lowest BCUT2D eigenvalue weighted by molar-refractivity contribution is -0.384. The molecule has 1 heterocycles. The van der Waals surface area contributed by atoms with Gasteiger partial charge in [-0.25, -0.2) is 0 Å². The molecule has 7 heteroatoms. The minimum atomic E-state index is -0.420. The second-order valence-electron chi connectivity index (χ2n) is 6.84. The first-order chi connectivity index (χ1) is 13.0. The maximum Gasteiger partial charge on any atom is 0.293 e. The molecule has 0 spiro atoms. The maximum absolute atomic E-state index is 12.5. The van der Waals surface area contributed by atoms with Crippen molar-refractivity contribution in [2.75, 3.05) is 30.4 Å². The maximum atomic E-state index is 12.5. The molecule has 1 saturated heterocycles. The van der Waals surface area contributed by atoms with Crippen molar-refractivity contribution in [2.24, 2.45) is 5.92 Å². The Labute approximate surface area is 158 Å². The van der Waals surface area contributed by atoms with E-state index in [1.807, 2.05) is 4.90 Å². The number of nitro benzene ring substituents is 1. The van der Waals surface area contributed by atoms with Crippen LogP contribution in [0, 0.1) is 16.0 Å². The van der Waals surface area contributed by atoms with Crippen molar-refractivity contribution in [3.8, 4) is 5.75 Å². The number of carbonyl (C=O) groups is 1. The SMILES string of the molecule is COc1cccc(NC(=O)c2ccc(N3CCC[C@@H](C)C3)c([N+](=O)[O-])c2)c1. The van der Waals surface area contributed by atoms with Crippen molar-refractivity contribution in [2.45, 2.75) is 19.8 Å². The number of anilines is 2. The molecule has 0 bridgehead atoms. The molecule has 0 saturated carbocycles. The lowest BCUT2D eigenvalue weighted by atomic mass is 9.99. The van der Waals surface area contributed by atoms with Crippen molar-refractivity contribution in [1.82, 2.24) is 0 Å². The van der Waals surface area contributed by atoms with Crippen LogP contribution >= 0.6 is 0 Å². The zero-order valence-corrected chi connectivity index (χ0v) is 15.5. The van der Waals surface area contributed by atoms with E-state index in [-0.39, 0.29) is 11.3 Å². The average Bonchev–Trinajstić information content (AvgIpc) is 2.67. The second-order valence-corrected chi connectivity index (χ2v) is 6.84. The summed E-state index contributed by atoms with van der Waals surface area (Å²) in [5, 5.41) is 14.3. The van der Waals surface area contributed by atoms with Gasteiger partial charge in [0.15, 0.2) is 0 Å². The lowest BCUT2D eigenvalue weighted by Crippen LogP contribution is -2.34. The number of benzene rings is 2. The Balaban J connectivity index is 1.84. The zero-order valence-electron chi connectivity index (χ0n) is 15.5. The van der Waals surface area contributed by atoms with Crippen LogP contribution in [0.25, 0.3) is 0 Å². The standard InChI is InChI=1S/C20H23N3O4/c1-14-5-4-10-22(13-14)18-9-8-15(11-19(18)23(25)26)20(24)21-16-6-3-7-17(12-16)27-2/h3,6-9,11-12,14H,4-5,10,13H2,1-2H3,(H,21,24)/t14-/m1/s1. The molecule has 0 aliphatic carbocycles. The summed E-state index contributed by atoms with van der Waals surface area (Å²) in [6.07, 6.45) is 2.14. The van der Waals surface area contributed by atoms with Crippen molar-refractivity contribution in [1.29, 1.82) is 0 Å². The van der Waals surface area contributed by atoms with Crippen LogP contribution in [0.1, 0.15) is 30.1 Å². The molecule has 1 atom stereocenters. The zero-order chi connectivity index (χ0) is 19.4. The van der Waals surface area contributed by atoms with E-state index < -0.39 is 10.8 Å². The van der Waals surface area contributed by atoms with E-state index in [0.717, 1.165) is 25.9 Å². The van der Waals surface area contributed by atoms with Gasteiger partial charge >= 0.3 is 0 Å². The third-order valence-corrected chi connectivity index (χ3v) is 4.76. The van der Waals surface area contributed by atoms with Crippen LogP contribution in [-0.4, -0.2) is 31.0 Å². The summed E-state index contributed by atoms with van der Waals surface area (Å²) in [7, 11) is 1.55. The largest absolute Gasteiger partial charge is 0.497 e. The van der Waals surface area contributed by atoms with Gasteiger partial charge in [0.2, 0.25) is 0 Å². The topological polar surface area (TPSA) is 84.7 Å². The first-order valence-electron chi connectivity index (χ1n) is 8.96. The van der Waals surface area contributed by atoms with Gasteiger partial charge in [0.05, 0.1) is 12.0 Å². The smallest absolute Gasteiger partial charge is 0.293 e. The Kier molecular flexibility index (Phi) is 5.59. The van der Waals surface area contributed by atoms with Gasteiger partial charge in [0, 0.05) is 36.5 Å². The number of hydrogen-bond donors (Lipinski definition) is 1. The fourth-order valence-electron chi connectivity index (χ4n) is 3.39. The molecule has 1 N–H and O–H groups in total. The summed E-state index contributed by atoms with van der Waals surface area (Å²) in [5.74, 6) is 0.715. The van der Waals surface area contributed by atoms with E-state index in [4.69, 9.17) is 4.74 Å². The third kappa shape index (κ3) is 4.36. The van der Waals surface area contributed by atoms with E-state index in [1.54, 1.807) is 43.5 Å². The summed E-state index contributed by atoms with van der Waals surface area (Å²) in [6, 6.07) is 11.6. The summed E-state index contributed by atoms with van der Waals surface area (Å²) in [6.45, 7) is 3.73. The molecule has 7 nitrogen and oxygen atoms in total. The number of nitro groups is 1. The Morgan fingerprint density at radius 3 is 2.81 bits per heavy atom. The lowest BCUT2D eigenvalue weighted by Gasteiger charge is -2.32. The Morgan fingerprint density at radius 2 is 2.11 bits per heavy atom. The molecule has 1 aliphatic rings. The minimum absolute atomic E-state index is 0.0395. The van der Waals surface area contributed by atoms with Crippen LogP contribution in [0.15, 0.2) is 42.5 Å². The summed E-state index contributed by atoms with van der Waals surface area (Å²) < 4.78 is 5.14. The molecule has 142 valence electrons. The summed E-state index contributed by atoms with van der Waals surface area (Å²) >= 11 is 0. The predicted octanol–water partition coefficient (Wildman–Crippen LogP) is 4.09. The molecule has 0 radical (unpaired) electrons. The van der Waals surface area contributed by atoms with E-state index in [0.29, 0.717) is 23.0 Å². The first-order valence-corrected chi connectivity index (χ1v) is 8.96. The van der Waals surface area contributed by atoms with Crippen LogP contribution in [0.3, 0.4) is 0 Å².